The maximum atomic E-state index is 11.8. The molecular formula is C15H17N3O5. The molecule has 122 valence electrons. The molecule has 1 heterocycles. The second-order valence-electron chi connectivity index (χ2n) is 5.90. The van der Waals surface area contributed by atoms with Gasteiger partial charge in [-0.2, -0.15) is 0 Å². The van der Waals surface area contributed by atoms with Crippen molar-refractivity contribution < 1.29 is 24.2 Å². The number of hydrogen-bond donors (Lipinski definition) is 4. The first kappa shape index (κ1) is 15.3. The molecule has 23 heavy (non-hydrogen) atoms. The van der Waals surface area contributed by atoms with E-state index in [0.29, 0.717) is 22.7 Å². The predicted octanol–water partition coefficient (Wildman–Crippen LogP) is 1.66. The van der Waals surface area contributed by atoms with E-state index in [1.807, 2.05) is 0 Å². The molecule has 0 spiro atoms. The van der Waals surface area contributed by atoms with Crippen LogP contribution in [0.4, 0.5) is 10.5 Å². The molecule has 0 radical (unpaired) electrons. The Morgan fingerprint density at radius 1 is 1.43 bits per heavy atom. The highest BCUT2D eigenvalue weighted by Gasteiger charge is 2.30. The summed E-state index contributed by atoms with van der Waals surface area (Å²) in [6, 6.07) is 4.45. The molecule has 1 saturated carbocycles. The first-order chi connectivity index (χ1) is 10.8. The third kappa shape index (κ3) is 3.42. The van der Waals surface area contributed by atoms with Gasteiger partial charge in [0.15, 0.2) is 17.1 Å². The normalized spacial score (nSPS) is 16.8. The summed E-state index contributed by atoms with van der Waals surface area (Å²) in [6.07, 6.45) is 2.17. The lowest BCUT2D eigenvalue weighted by Crippen LogP contribution is -2.47. The highest BCUT2D eigenvalue weighted by atomic mass is 16.4. The number of aliphatic hydroxyl groups is 1. The summed E-state index contributed by atoms with van der Waals surface area (Å²) in [5, 5.41) is 23.2. The first-order valence-electron chi connectivity index (χ1n) is 7.26. The van der Waals surface area contributed by atoms with Gasteiger partial charge in [0.1, 0.15) is 5.52 Å². The van der Waals surface area contributed by atoms with E-state index in [2.05, 4.69) is 15.6 Å². The number of urea groups is 1. The highest BCUT2D eigenvalue weighted by Crippen LogP contribution is 2.40. The summed E-state index contributed by atoms with van der Waals surface area (Å²) in [7, 11) is 0. The lowest BCUT2D eigenvalue weighted by molar-refractivity contribution is -0.155. The number of benzene rings is 1. The van der Waals surface area contributed by atoms with Crippen LogP contribution in [0.1, 0.15) is 31.6 Å². The number of carbonyl (C=O) groups is 2. The molecule has 4 N–H and O–H groups in total. The van der Waals surface area contributed by atoms with Gasteiger partial charge in [-0.1, -0.05) is 0 Å². The Morgan fingerprint density at radius 3 is 2.83 bits per heavy atom. The summed E-state index contributed by atoms with van der Waals surface area (Å²) in [6.45, 7) is 0.697. The van der Waals surface area contributed by atoms with Crippen LogP contribution in [0.25, 0.3) is 11.1 Å². The number of carbonyl (C=O) groups excluding carboxylic acids is 1. The van der Waals surface area contributed by atoms with E-state index < -0.39 is 24.1 Å². The largest absolute Gasteiger partial charge is 0.479 e. The van der Waals surface area contributed by atoms with Crippen molar-refractivity contribution in [1.29, 1.82) is 0 Å². The van der Waals surface area contributed by atoms with Gasteiger partial charge < -0.3 is 25.3 Å². The number of oxazole rings is 1. The standard InChI is InChI=1S/C15H17N3O5/c1-15(22,13(19)20)7-16-14(21)17-9-4-5-11-10(6-9)18-12(23-11)8-2-3-8/h4-6,8,22H,2-3,7H2,1H3,(H,19,20)(H2,16,17,21). The van der Waals surface area contributed by atoms with Gasteiger partial charge in [0.05, 0.1) is 6.54 Å². The van der Waals surface area contributed by atoms with E-state index in [1.165, 1.54) is 0 Å². The second kappa shape index (κ2) is 5.54. The van der Waals surface area contributed by atoms with E-state index in [1.54, 1.807) is 18.2 Å². The third-order valence-corrected chi connectivity index (χ3v) is 3.64. The summed E-state index contributed by atoms with van der Waals surface area (Å²) in [5.41, 5.74) is -0.207. The van der Waals surface area contributed by atoms with Gasteiger partial charge >= 0.3 is 12.0 Å². The number of carboxylic acids is 1. The molecule has 1 aromatic carbocycles. The fourth-order valence-electron chi connectivity index (χ4n) is 2.03. The zero-order valence-corrected chi connectivity index (χ0v) is 12.5. The lowest BCUT2D eigenvalue weighted by Gasteiger charge is -2.18. The van der Waals surface area contributed by atoms with Crippen LogP contribution in [0, 0.1) is 0 Å². The minimum atomic E-state index is -2.02. The average molecular weight is 319 g/mol. The maximum absolute atomic E-state index is 11.8. The number of nitrogens with zero attached hydrogens (tertiary/aromatic N) is 1. The van der Waals surface area contributed by atoms with Crippen LogP contribution in [-0.4, -0.2) is 39.3 Å². The number of carboxylic acid groups (broad SMARTS) is 1. The molecule has 1 aliphatic rings. The maximum Gasteiger partial charge on any atom is 0.337 e. The van der Waals surface area contributed by atoms with Crippen molar-refractivity contribution in [3.05, 3.63) is 24.1 Å². The summed E-state index contributed by atoms with van der Waals surface area (Å²) in [4.78, 5) is 26.9. The van der Waals surface area contributed by atoms with Crippen LogP contribution >= 0.6 is 0 Å². The number of fused-ring (bicyclic) bond motifs is 1. The van der Waals surface area contributed by atoms with Gasteiger partial charge in [-0.3, -0.25) is 0 Å². The SMILES string of the molecule is CC(O)(CNC(=O)Nc1ccc2oc(C3CC3)nc2c1)C(=O)O. The van der Waals surface area contributed by atoms with Crippen LogP contribution in [-0.2, 0) is 4.79 Å². The van der Waals surface area contributed by atoms with Gasteiger partial charge in [-0.05, 0) is 38.0 Å². The quantitative estimate of drug-likeness (QED) is 0.664. The Labute approximate surface area is 131 Å². The molecule has 1 aromatic heterocycles. The average Bonchev–Trinajstić information content (AvgIpc) is 3.25. The number of anilines is 1. The van der Waals surface area contributed by atoms with E-state index in [0.717, 1.165) is 25.7 Å². The number of aliphatic carboxylic acids is 1. The molecule has 0 aliphatic heterocycles. The number of aromatic nitrogens is 1. The van der Waals surface area contributed by atoms with Gasteiger partial charge in [-0.15, -0.1) is 0 Å². The zero-order chi connectivity index (χ0) is 16.6. The number of nitrogens with one attached hydrogen (secondary N) is 2. The summed E-state index contributed by atoms with van der Waals surface area (Å²) < 4.78 is 5.63. The molecular weight excluding hydrogens is 302 g/mol. The van der Waals surface area contributed by atoms with Crippen molar-refractivity contribution in [2.45, 2.75) is 31.3 Å². The molecule has 1 unspecified atom stereocenters. The van der Waals surface area contributed by atoms with Crippen LogP contribution in [0.15, 0.2) is 22.6 Å². The Bertz CT molecular complexity index is 764. The van der Waals surface area contributed by atoms with E-state index in [4.69, 9.17) is 9.52 Å². The highest BCUT2D eigenvalue weighted by molar-refractivity contribution is 5.92. The molecule has 3 rings (SSSR count). The van der Waals surface area contributed by atoms with Crippen molar-refractivity contribution in [3.63, 3.8) is 0 Å². The van der Waals surface area contributed by atoms with Crippen LogP contribution in [0.2, 0.25) is 0 Å². The van der Waals surface area contributed by atoms with Crippen molar-refractivity contribution in [1.82, 2.24) is 10.3 Å². The molecule has 0 bridgehead atoms. The molecule has 1 fully saturated rings. The van der Waals surface area contributed by atoms with E-state index >= 15 is 0 Å². The van der Waals surface area contributed by atoms with Crippen LogP contribution in [0.5, 0.6) is 0 Å². The molecule has 0 saturated heterocycles. The Hall–Kier alpha value is -2.61. The smallest absolute Gasteiger partial charge is 0.337 e. The molecule has 1 aliphatic carbocycles. The van der Waals surface area contributed by atoms with Gasteiger partial charge in [-0.25, -0.2) is 14.6 Å². The molecule has 2 amide bonds. The summed E-state index contributed by atoms with van der Waals surface area (Å²) >= 11 is 0. The lowest BCUT2D eigenvalue weighted by atomic mass is 10.1. The van der Waals surface area contributed by atoms with Crippen LogP contribution in [0.3, 0.4) is 0 Å². The third-order valence-electron chi connectivity index (χ3n) is 3.64. The van der Waals surface area contributed by atoms with Crippen molar-refractivity contribution in [3.8, 4) is 0 Å². The van der Waals surface area contributed by atoms with Crippen molar-refractivity contribution in [2.75, 3.05) is 11.9 Å². The number of rotatable bonds is 5. The second-order valence-corrected chi connectivity index (χ2v) is 5.90. The Kier molecular flexibility index (Phi) is 3.69. The minimum Gasteiger partial charge on any atom is -0.479 e. The Balaban J connectivity index is 1.64. The summed E-state index contributed by atoms with van der Waals surface area (Å²) in [5.74, 6) is -0.283. The fraction of sp³-hybridized carbons (Fsp3) is 0.400. The van der Waals surface area contributed by atoms with Gasteiger partial charge in [0.2, 0.25) is 0 Å². The monoisotopic (exact) mass is 319 g/mol. The van der Waals surface area contributed by atoms with Crippen molar-refractivity contribution >= 4 is 28.8 Å². The molecule has 2 aromatic rings. The van der Waals surface area contributed by atoms with Crippen molar-refractivity contribution in [2.24, 2.45) is 0 Å². The topological polar surface area (TPSA) is 125 Å². The predicted molar refractivity (Wildman–Crippen MR) is 81.3 cm³/mol. The van der Waals surface area contributed by atoms with E-state index in [-0.39, 0.29) is 0 Å². The minimum absolute atomic E-state index is 0.403. The zero-order valence-electron chi connectivity index (χ0n) is 12.5. The van der Waals surface area contributed by atoms with Gasteiger partial charge in [0, 0.05) is 11.6 Å². The molecule has 8 nitrogen and oxygen atoms in total. The van der Waals surface area contributed by atoms with Gasteiger partial charge in [0.25, 0.3) is 0 Å². The fourth-order valence-corrected chi connectivity index (χ4v) is 2.03. The van der Waals surface area contributed by atoms with E-state index in [9.17, 15) is 14.7 Å². The van der Waals surface area contributed by atoms with Crippen LogP contribution < -0.4 is 10.6 Å². The molecule has 8 heteroatoms. The molecule has 1 atom stereocenters. The first-order valence-corrected chi connectivity index (χ1v) is 7.26. The Morgan fingerprint density at radius 2 is 2.17 bits per heavy atom. The number of amides is 2. The number of hydrogen-bond acceptors (Lipinski definition) is 5.